The Kier molecular flexibility index (Phi) is 4.01. The van der Waals surface area contributed by atoms with Gasteiger partial charge in [-0.15, -0.1) is 10.2 Å². The summed E-state index contributed by atoms with van der Waals surface area (Å²) in [6.45, 7) is 4.32. The molecule has 1 atom stereocenters. The van der Waals surface area contributed by atoms with Crippen molar-refractivity contribution in [2.24, 2.45) is 0 Å². The highest BCUT2D eigenvalue weighted by Crippen LogP contribution is 2.12. The summed E-state index contributed by atoms with van der Waals surface area (Å²) in [6.07, 6.45) is 1.44. The molecule has 0 bridgehead atoms. The summed E-state index contributed by atoms with van der Waals surface area (Å²) in [5.41, 5.74) is 0.291. The Bertz CT molecular complexity index is 522. The number of H-pyrrole nitrogens is 1. The molecule has 0 fully saturated rings. The first-order chi connectivity index (χ1) is 9.20. The number of rotatable bonds is 5. The lowest BCUT2D eigenvalue weighted by atomic mass is 10.3. The molecule has 100 valence electrons. The summed E-state index contributed by atoms with van der Waals surface area (Å²) in [4.78, 5) is 15.5. The highest BCUT2D eigenvalue weighted by Gasteiger charge is 2.10. The van der Waals surface area contributed by atoms with Crippen LogP contribution in [0, 0.1) is 0 Å². The van der Waals surface area contributed by atoms with Gasteiger partial charge in [-0.1, -0.05) is 0 Å². The normalized spacial score (nSPS) is 11.9. The van der Waals surface area contributed by atoms with E-state index >= 15 is 0 Å². The minimum Gasteiger partial charge on any atom is -0.359 e. The molecule has 0 spiro atoms. The van der Waals surface area contributed by atoms with Gasteiger partial charge in [0.15, 0.2) is 5.69 Å². The third-order valence-electron chi connectivity index (χ3n) is 2.44. The molecule has 2 heterocycles. The molecule has 0 aliphatic heterocycles. The highest BCUT2D eigenvalue weighted by atomic mass is 16.1. The second-order valence-corrected chi connectivity index (χ2v) is 3.90. The fourth-order valence-corrected chi connectivity index (χ4v) is 1.50. The molecule has 2 aromatic heterocycles. The molecule has 0 aliphatic rings. The Morgan fingerprint density at radius 2 is 2.26 bits per heavy atom. The first kappa shape index (κ1) is 12.9. The Balaban J connectivity index is 2.01. The van der Waals surface area contributed by atoms with Crippen LogP contribution in [0.4, 0.5) is 5.82 Å². The molecule has 0 aromatic carbocycles. The molecular weight excluding hydrogens is 246 g/mol. The van der Waals surface area contributed by atoms with Gasteiger partial charge in [0.1, 0.15) is 18.0 Å². The SMILES string of the molecule is CCNC(=O)c1ccc(NC(C)c2ncn[nH]2)nn1. The lowest BCUT2D eigenvalue weighted by Crippen LogP contribution is -2.24. The zero-order valence-corrected chi connectivity index (χ0v) is 10.7. The fourth-order valence-electron chi connectivity index (χ4n) is 1.50. The molecule has 1 amide bonds. The minimum absolute atomic E-state index is 0.0767. The van der Waals surface area contributed by atoms with Gasteiger partial charge < -0.3 is 10.6 Å². The van der Waals surface area contributed by atoms with E-state index in [0.29, 0.717) is 23.9 Å². The van der Waals surface area contributed by atoms with E-state index < -0.39 is 0 Å². The summed E-state index contributed by atoms with van der Waals surface area (Å²) in [5.74, 6) is 1.04. The smallest absolute Gasteiger partial charge is 0.271 e. The molecule has 0 saturated heterocycles. The van der Waals surface area contributed by atoms with Crippen LogP contribution in [0.25, 0.3) is 0 Å². The molecule has 19 heavy (non-hydrogen) atoms. The number of nitrogens with zero attached hydrogens (tertiary/aromatic N) is 4. The Labute approximate surface area is 110 Å². The van der Waals surface area contributed by atoms with Crippen LogP contribution in [-0.2, 0) is 0 Å². The van der Waals surface area contributed by atoms with Crippen molar-refractivity contribution in [3.63, 3.8) is 0 Å². The van der Waals surface area contributed by atoms with E-state index in [1.807, 2.05) is 13.8 Å². The van der Waals surface area contributed by atoms with Crippen molar-refractivity contribution in [3.8, 4) is 0 Å². The number of nitrogens with one attached hydrogen (secondary N) is 3. The van der Waals surface area contributed by atoms with E-state index in [9.17, 15) is 4.79 Å². The van der Waals surface area contributed by atoms with Crippen molar-refractivity contribution in [1.82, 2.24) is 30.7 Å². The Morgan fingerprint density at radius 3 is 2.84 bits per heavy atom. The zero-order chi connectivity index (χ0) is 13.7. The van der Waals surface area contributed by atoms with Gasteiger partial charge in [0.2, 0.25) is 0 Å². The number of carbonyl (C=O) groups is 1. The molecule has 1 unspecified atom stereocenters. The number of aromatic amines is 1. The summed E-state index contributed by atoms with van der Waals surface area (Å²) >= 11 is 0. The molecule has 3 N–H and O–H groups in total. The number of hydrogen-bond donors (Lipinski definition) is 3. The minimum atomic E-state index is -0.232. The second-order valence-electron chi connectivity index (χ2n) is 3.90. The predicted octanol–water partition coefficient (Wildman–Crippen LogP) is 0.517. The van der Waals surface area contributed by atoms with Gasteiger partial charge in [-0.2, -0.15) is 5.10 Å². The molecule has 0 radical (unpaired) electrons. The van der Waals surface area contributed by atoms with Crippen LogP contribution in [0.15, 0.2) is 18.5 Å². The topological polar surface area (TPSA) is 108 Å². The Morgan fingerprint density at radius 1 is 1.42 bits per heavy atom. The maximum atomic E-state index is 11.5. The standard InChI is InChI=1S/C11H15N7O/c1-3-12-11(19)8-4-5-9(17-16-8)15-7(2)10-13-6-14-18-10/h4-7H,3H2,1-2H3,(H,12,19)(H,15,17)(H,13,14,18). The van der Waals surface area contributed by atoms with Gasteiger partial charge in [-0.3, -0.25) is 9.89 Å². The fraction of sp³-hybridized carbons (Fsp3) is 0.364. The summed E-state index contributed by atoms with van der Waals surface area (Å²) < 4.78 is 0. The third-order valence-corrected chi connectivity index (χ3v) is 2.44. The van der Waals surface area contributed by atoms with E-state index in [1.54, 1.807) is 12.1 Å². The van der Waals surface area contributed by atoms with Crippen molar-refractivity contribution < 1.29 is 4.79 Å². The lowest BCUT2D eigenvalue weighted by molar-refractivity contribution is 0.0950. The number of carbonyl (C=O) groups excluding carboxylic acids is 1. The van der Waals surface area contributed by atoms with Crippen LogP contribution in [0.2, 0.25) is 0 Å². The molecule has 2 aromatic rings. The quantitative estimate of drug-likeness (QED) is 0.724. The maximum Gasteiger partial charge on any atom is 0.271 e. The van der Waals surface area contributed by atoms with Crippen molar-refractivity contribution in [2.45, 2.75) is 19.9 Å². The average Bonchev–Trinajstić information content (AvgIpc) is 2.94. The van der Waals surface area contributed by atoms with E-state index in [1.165, 1.54) is 6.33 Å². The van der Waals surface area contributed by atoms with Gasteiger partial charge >= 0.3 is 0 Å². The van der Waals surface area contributed by atoms with Gasteiger partial charge in [0.05, 0.1) is 6.04 Å². The molecule has 0 saturated carbocycles. The summed E-state index contributed by atoms with van der Waals surface area (Å²) in [6, 6.07) is 3.24. The first-order valence-electron chi connectivity index (χ1n) is 5.94. The van der Waals surface area contributed by atoms with E-state index in [0.717, 1.165) is 0 Å². The maximum absolute atomic E-state index is 11.5. The van der Waals surface area contributed by atoms with Crippen LogP contribution < -0.4 is 10.6 Å². The largest absolute Gasteiger partial charge is 0.359 e. The lowest BCUT2D eigenvalue weighted by Gasteiger charge is -2.11. The van der Waals surface area contributed by atoms with Crippen LogP contribution in [0.3, 0.4) is 0 Å². The van der Waals surface area contributed by atoms with Crippen molar-refractivity contribution >= 4 is 11.7 Å². The molecular formula is C11H15N7O. The van der Waals surface area contributed by atoms with E-state index in [4.69, 9.17) is 0 Å². The van der Waals surface area contributed by atoms with Crippen LogP contribution in [0.5, 0.6) is 0 Å². The van der Waals surface area contributed by atoms with Gasteiger partial charge in [0, 0.05) is 6.54 Å². The molecule has 8 nitrogen and oxygen atoms in total. The monoisotopic (exact) mass is 261 g/mol. The number of amides is 1. The first-order valence-corrected chi connectivity index (χ1v) is 5.94. The molecule has 0 aliphatic carbocycles. The van der Waals surface area contributed by atoms with Gasteiger partial charge in [-0.05, 0) is 26.0 Å². The van der Waals surface area contributed by atoms with E-state index in [-0.39, 0.29) is 11.9 Å². The predicted molar refractivity (Wildman–Crippen MR) is 68.5 cm³/mol. The van der Waals surface area contributed by atoms with Crippen molar-refractivity contribution in [1.29, 1.82) is 0 Å². The summed E-state index contributed by atoms with van der Waals surface area (Å²) in [5, 5.41) is 20.1. The van der Waals surface area contributed by atoms with Crippen LogP contribution in [-0.4, -0.2) is 37.8 Å². The van der Waals surface area contributed by atoms with Gasteiger partial charge in [0.25, 0.3) is 5.91 Å². The highest BCUT2D eigenvalue weighted by molar-refractivity contribution is 5.92. The number of aromatic nitrogens is 5. The van der Waals surface area contributed by atoms with E-state index in [2.05, 4.69) is 36.0 Å². The van der Waals surface area contributed by atoms with Crippen LogP contribution >= 0.6 is 0 Å². The van der Waals surface area contributed by atoms with Gasteiger partial charge in [-0.25, -0.2) is 4.98 Å². The molecule has 2 rings (SSSR count). The summed E-state index contributed by atoms with van der Waals surface area (Å²) in [7, 11) is 0. The zero-order valence-electron chi connectivity index (χ0n) is 10.7. The number of anilines is 1. The van der Waals surface area contributed by atoms with Crippen molar-refractivity contribution in [3.05, 3.63) is 30.0 Å². The Hall–Kier alpha value is -2.51. The second kappa shape index (κ2) is 5.89. The van der Waals surface area contributed by atoms with Crippen LogP contribution in [0.1, 0.15) is 36.2 Å². The third kappa shape index (κ3) is 3.24. The average molecular weight is 261 g/mol. The number of hydrogen-bond acceptors (Lipinski definition) is 6. The molecule has 8 heteroatoms. The van der Waals surface area contributed by atoms with Crippen molar-refractivity contribution in [2.75, 3.05) is 11.9 Å².